The minimum absolute atomic E-state index is 0.0437. The molecule has 0 spiro atoms. The van der Waals surface area contributed by atoms with Gasteiger partial charge in [0.2, 0.25) is 5.91 Å². The molecule has 0 aliphatic rings. The van der Waals surface area contributed by atoms with Gasteiger partial charge in [-0.3, -0.25) is 4.79 Å². The Labute approximate surface area is 160 Å². The molecule has 3 amide bonds. The van der Waals surface area contributed by atoms with Crippen LogP contribution in [0.5, 0.6) is 5.75 Å². The van der Waals surface area contributed by atoms with Crippen molar-refractivity contribution in [1.82, 2.24) is 10.6 Å². The van der Waals surface area contributed by atoms with Crippen molar-refractivity contribution >= 4 is 17.6 Å². The second-order valence-electron chi connectivity index (χ2n) is 6.54. The summed E-state index contributed by atoms with van der Waals surface area (Å²) in [6.07, 6.45) is 0.650. The number of amides is 3. The fourth-order valence-electron chi connectivity index (χ4n) is 2.70. The highest BCUT2D eigenvalue weighted by Crippen LogP contribution is 2.17. The maximum absolute atomic E-state index is 12.5. The number of nitrogens with one attached hydrogen (secondary N) is 3. The zero-order valence-corrected chi connectivity index (χ0v) is 16.0. The van der Waals surface area contributed by atoms with E-state index in [9.17, 15) is 9.59 Å². The molecular weight excluding hydrogens is 342 g/mol. The van der Waals surface area contributed by atoms with Crippen LogP contribution in [0, 0.1) is 5.92 Å². The predicted octanol–water partition coefficient (Wildman–Crippen LogP) is 3.20. The fourth-order valence-corrected chi connectivity index (χ4v) is 2.70. The average molecular weight is 369 g/mol. The Morgan fingerprint density at radius 2 is 1.67 bits per heavy atom. The van der Waals surface area contributed by atoms with Crippen LogP contribution < -0.4 is 20.7 Å². The molecule has 3 N–H and O–H groups in total. The van der Waals surface area contributed by atoms with E-state index in [-0.39, 0.29) is 11.8 Å². The van der Waals surface area contributed by atoms with Gasteiger partial charge in [0, 0.05) is 12.2 Å². The first kappa shape index (κ1) is 20.3. The molecule has 0 heterocycles. The zero-order chi connectivity index (χ0) is 19.6. The monoisotopic (exact) mass is 369 g/mol. The van der Waals surface area contributed by atoms with E-state index in [2.05, 4.69) is 16.0 Å². The number of rotatable bonds is 8. The lowest BCUT2D eigenvalue weighted by Crippen LogP contribution is -2.51. The number of benzene rings is 2. The van der Waals surface area contributed by atoms with E-state index in [4.69, 9.17) is 4.74 Å². The summed E-state index contributed by atoms with van der Waals surface area (Å²) in [5, 5.41) is 8.38. The topological polar surface area (TPSA) is 79.5 Å². The van der Waals surface area contributed by atoms with Crippen LogP contribution in [0.25, 0.3) is 0 Å². The molecule has 0 saturated heterocycles. The summed E-state index contributed by atoms with van der Waals surface area (Å²) in [6, 6.07) is 15.8. The molecule has 0 bridgehead atoms. The third-order valence-electron chi connectivity index (χ3n) is 4.15. The van der Waals surface area contributed by atoms with E-state index in [1.807, 2.05) is 56.3 Å². The predicted molar refractivity (Wildman–Crippen MR) is 107 cm³/mol. The first-order valence-electron chi connectivity index (χ1n) is 9.03. The van der Waals surface area contributed by atoms with Gasteiger partial charge in [0.25, 0.3) is 0 Å². The lowest BCUT2D eigenvalue weighted by molar-refractivity contribution is -0.123. The Hall–Kier alpha value is -3.02. The van der Waals surface area contributed by atoms with Crippen LogP contribution in [0.2, 0.25) is 0 Å². The Kier molecular flexibility index (Phi) is 7.67. The van der Waals surface area contributed by atoms with Crippen molar-refractivity contribution in [3.63, 3.8) is 0 Å². The summed E-state index contributed by atoms with van der Waals surface area (Å²) >= 11 is 0. The molecule has 0 unspecified atom stereocenters. The zero-order valence-electron chi connectivity index (χ0n) is 16.0. The molecule has 0 fully saturated rings. The van der Waals surface area contributed by atoms with E-state index < -0.39 is 12.1 Å². The molecule has 0 aliphatic carbocycles. The molecule has 144 valence electrons. The normalized spacial score (nSPS) is 11.6. The first-order valence-corrected chi connectivity index (χ1v) is 9.03. The van der Waals surface area contributed by atoms with Crippen molar-refractivity contribution in [2.75, 3.05) is 19.0 Å². The maximum atomic E-state index is 12.5. The Morgan fingerprint density at radius 1 is 1.00 bits per heavy atom. The Balaban J connectivity index is 1.87. The van der Waals surface area contributed by atoms with E-state index in [0.29, 0.717) is 18.7 Å². The van der Waals surface area contributed by atoms with Crippen LogP contribution in [0.3, 0.4) is 0 Å². The quantitative estimate of drug-likeness (QED) is 0.668. The lowest BCUT2D eigenvalue weighted by Gasteiger charge is -2.22. The molecule has 0 aliphatic heterocycles. The molecule has 2 aromatic rings. The molecule has 1 atom stereocenters. The van der Waals surface area contributed by atoms with Crippen molar-refractivity contribution < 1.29 is 14.3 Å². The lowest BCUT2D eigenvalue weighted by atomic mass is 10.0. The summed E-state index contributed by atoms with van der Waals surface area (Å²) in [6.45, 7) is 4.25. The number of hydrogen-bond acceptors (Lipinski definition) is 3. The van der Waals surface area contributed by atoms with E-state index in [1.165, 1.54) is 0 Å². The minimum atomic E-state index is -0.619. The summed E-state index contributed by atoms with van der Waals surface area (Å²) < 4.78 is 5.32. The highest BCUT2D eigenvalue weighted by atomic mass is 16.5. The number of para-hydroxylation sites is 2. The van der Waals surface area contributed by atoms with E-state index >= 15 is 0 Å². The summed E-state index contributed by atoms with van der Waals surface area (Å²) in [5.41, 5.74) is 1.70. The smallest absolute Gasteiger partial charge is 0.319 e. The largest absolute Gasteiger partial charge is 0.496 e. The molecule has 2 aromatic carbocycles. The van der Waals surface area contributed by atoms with Gasteiger partial charge in [-0.15, -0.1) is 0 Å². The molecule has 6 heteroatoms. The number of carbonyl (C=O) groups excluding carboxylic acids is 2. The summed E-state index contributed by atoms with van der Waals surface area (Å²) in [4.78, 5) is 24.7. The second-order valence-corrected chi connectivity index (χ2v) is 6.54. The average Bonchev–Trinajstić information content (AvgIpc) is 2.67. The molecule has 0 aromatic heterocycles. The van der Waals surface area contributed by atoms with Crippen molar-refractivity contribution in [1.29, 1.82) is 0 Å². The number of ether oxygens (including phenoxy) is 1. The van der Waals surface area contributed by atoms with Crippen molar-refractivity contribution in [3.8, 4) is 5.75 Å². The third-order valence-corrected chi connectivity index (χ3v) is 4.15. The molecule has 0 radical (unpaired) electrons. The van der Waals surface area contributed by atoms with Crippen molar-refractivity contribution in [2.45, 2.75) is 26.3 Å². The number of hydrogen-bond donors (Lipinski definition) is 3. The molecule has 27 heavy (non-hydrogen) atoms. The number of urea groups is 1. The standard InChI is InChI=1S/C21H27N3O3/c1-15(2)19(24-21(26)23-17-10-5-4-6-11-17)20(25)22-14-13-16-9-7-8-12-18(16)27-3/h4-12,15,19H,13-14H2,1-3H3,(H,22,25)(H2,23,24,26)/t19-/m0/s1. The van der Waals surface area contributed by atoms with Crippen molar-refractivity contribution in [3.05, 3.63) is 60.2 Å². The van der Waals surface area contributed by atoms with Gasteiger partial charge >= 0.3 is 6.03 Å². The number of anilines is 1. The van der Waals surface area contributed by atoms with Crippen LogP contribution in [0.15, 0.2) is 54.6 Å². The van der Waals surface area contributed by atoms with Gasteiger partial charge in [0.1, 0.15) is 11.8 Å². The SMILES string of the molecule is COc1ccccc1CCNC(=O)[C@@H](NC(=O)Nc1ccccc1)C(C)C. The van der Waals surface area contributed by atoms with Crippen molar-refractivity contribution in [2.24, 2.45) is 5.92 Å². The van der Waals surface area contributed by atoms with E-state index in [0.717, 1.165) is 11.3 Å². The highest BCUT2D eigenvalue weighted by Gasteiger charge is 2.24. The summed E-state index contributed by atoms with van der Waals surface area (Å²) in [5.74, 6) is 0.549. The molecular formula is C21H27N3O3. The van der Waals surface area contributed by atoms with Crippen LogP contribution >= 0.6 is 0 Å². The second kappa shape index (κ2) is 10.2. The number of carbonyl (C=O) groups is 2. The van der Waals surface area contributed by atoms with Gasteiger partial charge in [-0.05, 0) is 36.1 Å². The van der Waals surface area contributed by atoms with Crippen LogP contribution in [0.1, 0.15) is 19.4 Å². The summed E-state index contributed by atoms with van der Waals surface area (Å²) in [7, 11) is 1.63. The van der Waals surface area contributed by atoms with Gasteiger partial charge in [0.15, 0.2) is 0 Å². The fraction of sp³-hybridized carbons (Fsp3) is 0.333. The van der Waals surface area contributed by atoms with Crippen LogP contribution in [-0.2, 0) is 11.2 Å². The van der Waals surface area contributed by atoms with Gasteiger partial charge < -0.3 is 20.7 Å². The Morgan fingerprint density at radius 3 is 2.33 bits per heavy atom. The molecule has 6 nitrogen and oxygen atoms in total. The highest BCUT2D eigenvalue weighted by molar-refractivity contribution is 5.93. The van der Waals surface area contributed by atoms with Gasteiger partial charge in [0.05, 0.1) is 7.11 Å². The molecule has 0 saturated carbocycles. The Bertz CT molecular complexity index is 747. The van der Waals surface area contributed by atoms with E-state index in [1.54, 1.807) is 19.2 Å². The van der Waals surface area contributed by atoms with Gasteiger partial charge in [-0.25, -0.2) is 4.79 Å². The molecule has 2 rings (SSSR count). The minimum Gasteiger partial charge on any atom is -0.496 e. The third kappa shape index (κ3) is 6.33. The first-order chi connectivity index (χ1) is 13.0. The van der Waals surface area contributed by atoms with Gasteiger partial charge in [-0.2, -0.15) is 0 Å². The van der Waals surface area contributed by atoms with Crippen LogP contribution in [-0.4, -0.2) is 31.6 Å². The van der Waals surface area contributed by atoms with Gasteiger partial charge in [-0.1, -0.05) is 50.2 Å². The van der Waals surface area contributed by atoms with Crippen LogP contribution in [0.4, 0.5) is 10.5 Å². The maximum Gasteiger partial charge on any atom is 0.319 e. The number of methoxy groups -OCH3 is 1.